The van der Waals surface area contributed by atoms with E-state index in [1.165, 1.54) is 0 Å². The smallest absolute Gasteiger partial charge is 0.197 e. The number of hydrogen-bond acceptors (Lipinski definition) is 6. The first-order chi connectivity index (χ1) is 15.6. The maximum atomic E-state index is 12.7. The van der Waals surface area contributed by atoms with Gasteiger partial charge in [0.1, 0.15) is 25.1 Å². The molecule has 0 amide bonds. The highest BCUT2D eigenvalue weighted by Crippen LogP contribution is 2.35. The molecule has 1 aliphatic heterocycles. The van der Waals surface area contributed by atoms with Crippen LogP contribution in [0.4, 0.5) is 0 Å². The van der Waals surface area contributed by atoms with Gasteiger partial charge in [-0.3, -0.25) is 9.78 Å². The number of benzene rings is 1. The predicted octanol–water partition coefficient (Wildman–Crippen LogP) is 3.39. The molecule has 0 aliphatic carbocycles. The molecule has 3 heterocycles. The van der Waals surface area contributed by atoms with Crippen molar-refractivity contribution >= 4 is 0 Å². The topological polar surface area (TPSA) is 71.8 Å². The molecule has 1 aromatic carbocycles. The SMILES string of the molecule is COC[C@@H](COc1cc(=O)c(C)c2n1CCc1cc(OCc3ccccn3)ccc1-2)OC. The lowest BCUT2D eigenvalue weighted by atomic mass is 9.94. The van der Waals surface area contributed by atoms with Crippen LogP contribution in [0.1, 0.15) is 16.8 Å². The van der Waals surface area contributed by atoms with Crippen LogP contribution in [-0.4, -0.2) is 43.1 Å². The number of hydrogen-bond donors (Lipinski definition) is 0. The third-order valence-electron chi connectivity index (χ3n) is 5.67. The van der Waals surface area contributed by atoms with E-state index in [9.17, 15) is 4.79 Å². The van der Waals surface area contributed by atoms with Crippen LogP contribution in [0.2, 0.25) is 0 Å². The lowest BCUT2D eigenvalue weighted by molar-refractivity contribution is -0.000948. The van der Waals surface area contributed by atoms with Crippen LogP contribution >= 0.6 is 0 Å². The molecule has 0 radical (unpaired) electrons. The maximum Gasteiger partial charge on any atom is 0.197 e. The summed E-state index contributed by atoms with van der Waals surface area (Å²) in [5, 5.41) is 0. The molecule has 0 bridgehead atoms. The highest BCUT2D eigenvalue weighted by Gasteiger charge is 2.23. The molecule has 0 saturated carbocycles. The summed E-state index contributed by atoms with van der Waals surface area (Å²) in [5.41, 5.74) is 4.61. The van der Waals surface area contributed by atoms with E-state index in [2.05, 4.69) is 15.6 Å². The van der Waals surface area contributed by atoms with Crippen molar-refractivity contribution in [3.8, 4) is 22.9 Å². The number of methoxy groups -OCH3 is 2. The van der Waals surface area contributed by atoms with E-state index in [4.69, 9.17) is 18.9 Å². The van der Waals surface area contributed by atoms with Crippen LogP contribution < -0.4 is 14.9 Å². The van der Waals surface area contributed by atoms with Gasteiger partial charge < -0.3 is 23.5 Å². The fourth-order valence-corrected chi connectivity index (χ4v) is 3.94. The van der Waals surface area contributed by atoms with Crippen molar-refractivity contribution in [2.75, 3.05) is 27.4 Å². The largest absolute Gasteiger partial charge is 0.487 e. The molecule has 0 N–H and O–H groups in total. The van der Waals surface area contributed by atoms with Gasteiger partial charge in [0.2, 0.25) is 0 Å². The first-order valence-electron chi connectivity index (χ1n) is 10.7. The van der Waals surface area contributed by atoms with Crippen LogP contribution in [0.15, 0.2) is 53.5 Å². The molecule has 0 fully saturated rings. The Bertz CT molecular complexity index is 1130. The van der Waals surface area contributed by atoms with E-state index < -0.39 is 0 Å². The number of rotatable bonds is 9. The summed E-state index contributed by atoms with van der Waals surface area (Å²) in [7, 11) is 3.24. The molecule has 1 atom stereocenters. The summed E-state index contributed by atoms with van der Waals surface area (Å²) in [6.07, 6.45) is 2.36. The minimum Gasteiger partial charge on any atom is -0.487 e. The van der Waals surface area contributed by atoms with Gasteiger partial charge >= 0.3 is 0 Å². The van der Waals surface area contributed by atoms with Gasteiger partial charge in [0.15, 0.2) is 11.3 Å². The Morgan fingerprint density at radius 3 is 2.72 bits per heavy atom. The summed E-state index contributed by atoms with van der Waals surface area (Å²) in [4.78, 5) is 17.0. The third-order valence-corrected chi connectivity index (χ3v) is 5.67. The Morgan fingerprint density at radius 1 is 1.09 bits per heavy atom. The molecule has 4 rings (SSSR count). The summed E-state index contributed by atoms with van der Waals surface area (Å²) in [5.74, 6) is 1.34. The lowest BCUT2D eigenvalue weighted by Gasteiger charge is -2.27. The predicted molar refractivity (Wildman–Crippen MR) is 121 cm³/mol. The molecule has 0 unspecified atom stereocenters. The Balaban J connectivity index is 1.60. The van der Waals surface area contributed by atoms with Crippen molar-refractivity contribution in [1.29, 1.82) is 0 Å². The summed E-state index contributed by atoms with van der Waals surface area (Å²) in [6.45, 7) is 3.71. The highest BCUT2D eigenvalue weighted by molar-refractivity contribution is 5.70. The summed E-state index contributed by atoms with van der Waals surface area (Å²) < 4.78 is 24.6. The Kier molecular flexibility index (Phi) is 6.87. The first kappa shape index (κ1) is 22.0. The van der Waals surface area contributed by atoms with Gasteiger partial charge in [-0.05, 0) is 49.2 Å². The van der Waals surface area contributed by atoms with E-state index in [-0.39, 0.29) is 11.5 Å². The molecule has 3 aromatic rings. The molecule has 0 saturated heterocycles. The standard InChI is InChI=1S/C25H28N2O5/c1-17-23(28)13-24(32-16-21(30-3)15-29-2)27-11-9-18-12-20(7-8-22(18)25(17)27)31-14-19-6-4-5-10-26-19/h4-8,10,12-13,21H,9,11,14-16H2,1-3H3/t21-/m0/s1. The van der Waals surface area contributed by atoms with Gasteiger partial charge in [-0.25, -0.2) is 0 Å². The number of fused-ring (bicyclic) bond motifs is 3. The lowest BCUT2D eigenvalue weighted by Crippen LogP contribution is -2.28. The van der Waals surface area contributed by atoms with Gasteiger partial charge in [-0.15, -0.1) is 0 Å². The van der Waals surface area contributed by atoms with Crippen LogP contribution in [0.5, 0.6) is 11.6 Å². The third kappa shape index (κ3) is 4.69. The second kappa shape index (κ2) is 9.97. The zero-order chi connectivity index (χ0) is 22.5. The molecule has 0 spiro atoms. The maximum absolute atomic E-state index is 12.7. The first-order valence-corrected chi connectivity index (χ1v) is 10.7. The van der Waals surface area contributed by atoms with Crippen molar-refractivity contribution in [1.82, 2.24) is 9.55 Å². The zero-order valence-corrected chi connectivity index (χ0v) is 18.7. The summed E-state index contributed by atoms with van der Waals surface area (Å²) in [6, 6.07) is 13.3. The summed E-state index contributed by atoms with van der Waals surface area (Å²) >= 11 is 0. The second-order valence-corrected chi connectivity index (χ2v) is 7.77. The number of nitrogens with zero attached hydrogens (tertiary/aromatic N) is 2. The van der Waals surface area contributed by atoms with Gasteiger partial charge in [0.05, 0.1) is 18.0 Å². The molecule has 32 heavy (non-hydrogen) atoms. The Morgan fingerprint density at radius 2 is 1.97 bits per heavy atom. The fraction of sp³-hybridized carbons (Fsp3) is 0.360. The van der Waals surface area contributed by atoms with Crippen LogP contribution in [-0.2, 0) is 29.0 Å². The molecular weight excluding hydrogens is 408 g/mol. The molecule has 7 nitrogen and oxygen atoms in total. The molecule has 1 aliphatic rings. The molecular formula is C25H28N2O5. The Labute approximate surface area is 187 Å². The minimum atomic E-state index is -0.206. The van der Waals surface area contributed by atoms with E-state index in [0.717, 1.165) is 34.7 Å². The van der Waals surface area contributed by atoms with Gasteiger partial charge in [-0.1, -0.05) is 6.07 Å². The van der Waals surface area contributed by atoms with Crippen molar-refractivity contribution in [3.05, 3.63) is 75.7 Å². The fourth-order valence-electron chi connectivity index (χ4n) is 3.94. The van der Waals surface area contributed by atoms with Crippen molar-refractivity contribution < 1.29 is 18.9 Å². The highest BCUT2D eigenvalue weighted by atomic mass is 16.6. The van der Waals surface area contributed by atoms with Gasteiger partial charge in [0, 0.05) is 44.2 Å². The zero-order valence-electron chi connectivity index (χ0n) is 18.7. The number of pyridine rings is 2. The minimum absolute atomic E-state index is 0.0460. The molecule has 168 valence electrons. The average Bonchev–Trinajstić information content (AvgIpc) is 2.83. The van der Waals surface area contributed by atoms with Gasteiger partial charge in [-0.2, -0.15) is 0 Å². The molecule has 7 heteroatoms. The van der Waals surface area contributed by atoms with Crippen LogP contribution in [0.25, 0.3) is 11.3 Å². The monoisotopic (exact) mass is 436 g/mol. The Hall–Kier alpha value is -3.16. The molecule has 2 aromatic heterocycles. The van der Waals surface area contributed by atoms with Gasteiger partial charge in [0.25, 0.3) is 0 Å². The number of ether oxygens (including phenoxy) is 4. The number of aryl methyl sites for hydroxylation is 1. The second-order valence-electron chi connectivity index (χ2n) is 7.77. The van der Waals surface area contributed by atoms with Crippen LogP contribution in [0.3, 0.4) is 0 Å². The van der Waals surface area contributed by atoms with Crippen LogP contribution in [0, 0.1) is 6.92 Å². The van der Waals surface area contributed by atoms with Crippen molar-refractivity contribution in [2.24, 2.45) is 0 Å². The quantitative estimate of drug-likeness (QED) is 0.512. The van der Waals surface area contributed by atoms with Crippen molar-refractivity contribution in [3.63, 3.8) is 0 Å². The van der Waals surface area contributed by atoms with E-state index in [1.807, 2.05) is 37.3 Å². The van der Waals surface area contributed by atoms with Crippen molar-refractivity contribution in [2.45, 2.75) is 32.6 Å². The van der Waals surface area contributed by atoms with E-state index >= 15 is 0 Å². The number of aromatic nitrogens is 2. The van der Waals surface area contributed by atoms with E-state index in [1.54, 1.807) is 26.5 Å². The normalized spacial score (nSPS) is 13.2. The van der Waals surface area contributed by atoms with E-state index in [0.29, 0.717) is 37.8 Å². The average molecular weight is 437 g/mol.